The molecular weight excluding hydrogens is 150 g/mol. The second-order valence-electron chi connectivity index (χ2n) is 3.06. The fraction of sp³-hybridized carbons (Fsp3) is 0.200. The molecule has 2 nitrogen and oxygen atoms in total. The molecule has 0 spiro atoms. The van der Waals surface area contributed by atoms with Crippen molar-refractivity contribution in [2.75, 3.05) is 0 Å². The fourth-order valence-corrected chi connectivity index (χ4v) is 1.41. The van der Waals surface area contributed by atoms with Crippen molar-refractivity contribution in [2.45, 2.75) is 13.8 Å². The number of carbonyl (C=O) groups is 1. The molecule has 0 saturated carbocycles. The van der Waals surface area contributed by atoms with Gasteiger partial charge in [-0.2, -0.15) is 0 Å². The number of benzene rings is 1. The molecule has 60 valence electrons. The van der Waals surface area contributed by atoms with Gasteiger partial charge in [0.05, 0.1) is 5.36 Å². The zero-order valence-electron chi connectivity index (χ0n) is 7.09. The number of carbonyl (C=O) groups excluding carboxylic acids is 1. The highest BCUT2D eigenvalue weighted by atomic mass is 16.1. The Bertz CT molecular complexity index is 428. The molecule has 0 bridgehead atoms. The van der Waals surface area contributed by atoms with Gasteiger partial charge in [-0.3, -0.25) is 4.79 Å². The van der Waals surface area contributed by atoms with Crippen LogP contribution in [0.2, 0.25) is 0 Å². The second kappa shape index (κ2) is 2.27. The van der Waals surface area contributed by atoms with Crippen LogP contribution in [0.25, 0.3) is 6.08 Å². The average Bonchev–Trinajstić information content (AvgIpc) is 2.41. The van der Waals surface area contributed by atoms with Gasteiger partial charge in [0, 0.05) is 11.3 Å². The van der Waals surface area contributed by atoms with E-state index in [0.29, 0.717) is 0 Å². The Morgan fingerprint density at radius 3 is 2.50 bits per heavy atom. The maximum absolute atomic E-state index is 11.0. The molecule has 0 saturated heterocycles. The molecule has 0 fully saturated rings. The Hall–Kier alpha value is -1.44. The Morgan fingerprint density at radius 2 is 1.83 bits per heavy atom. The summed E-state index contributed by atoms with van der Waals surface area (Å²) < 4.78 is 0. The molecule has 0 N–H and O–H groups in total. The first kappa shape index (κ1) is 7.22. The molecule has 0 radical (unpaired) electrons. The third-order valence-corrected chi connectivity index (χ3v) is 2.13. The summed E-state index contributed by atoms with van der Waals surface area (Å²) in [5, 5.41) is 1.83. The molecule has 0 aromatic heterocycles. The van der Waals surface area contributed by atoms with Crippen molar-refractivity contribution in [2.24, 2.45) is 4.99 Å². The van der Waals surface area contributed by atoms with Gasteiger partial charge < -0.3 is 0 Å². The Balaban J connectivity index is 3.00. The van der Waals surface area contributed by atoms with Gasteiger partial charge in [-0.05, 0) is 25.0 Å². The quantitative estimate of drug-likeness (QED) is 0.533. The van der Waals surface area contributed by atoms with Gasteiger partial charge in [0.2, 0.25) is 0 Å². The van der Waals surface area contributed by atoms with Gasteiger partial charge in [0.1, 0.15) is 0 Å². The van der Waals surface area contributed by atoms with Gasteiger partial charge in [-0.15, -0.1) is 0 Å². The standard InChI is InChI=1S/C10H9NO/c1-6-3-4-7(2)10-8(6)5-9(12)11-10/h3-5H,1-2H3. The molecular formula is C10H9NO. The number of fused-ring (bicyclic) bond motifs is 1. The van der Waals surface area contributed by atoms with Gasteiger partial charge >= 0.3 is 0 Å². The first-order valence-electron chi connectivity index (χ1n) is 3.89. The second-order valence-corrected chi connectivity index (χ2v) is 3.06. The normalized spacial score (nSPS) is 13.7. The molecule has 1 aliphatic heterocycles. The molecule has 1 amide bonds. The highest BCUT2D eigenvalue weighted by Crippen LogP contribution is 1.94. The summed E-state index contributed by atoms with van der Waals surface area (Å²) >= 11 is 0. The van der Waals surface area contributed by atoms with Crippen molar-refractivity contribution in [3.8, 4) is 0 Å². The van der Waals surface area contributed by atoms with Crippen molar-refractivity contribution >= 4 is 12.0 Å². The van der Waals surface area contributed by atoms with Gasteiger partial charge in [-0.1, -0.05) is 12.1 Å². The molecule has 12 heavy (non-hydrogen) atoms. The minimum atomic E-state index is -0.137. The third kappa shape index (κ3) is 0.881. The fourth-order valence-electron chi connectivity index (χ4n) is 1.41. The van der Waals surface area contributed by atoms with Crippen LogP contribution >= 0.6 is 0 Å². The Labute approximate surface area is 70.3 Å². The lowest BCUT2D eigenvalue weighted by molar-refractivity contribution is -0.112. The monoisotopic (exact) mass is 159 g/mol. The van der Waals surface area contributed by atoms with Gasteiger partial charge in [-0.25, -0.2) is 4.99 Å². The van der Waals surface area contributed by atoms with E-state index in [2.05, 4.69) is 4.99 Å². The highest BCUT2D eigenvalue weighted by Gasteiger charge is 2.06. The lowest BCUT2D eigenvalue weighted by Crippen LogP contribution is -2.26. The number of nitrogens with zero attached hydrogens (tertiary/aromatic N) is 1. The van der Waals surface area contributed by atoms with Crippen LogP contribution in [0.5, 0.6) is 0 Å². The largest absolute Gasteiger partial charge is 0.270 e. The summed E-state index contributed by atoms with van der Waals surface area (Å²) in [5.41, 5.74) is 2.18. The smallest absolute Gasteiger partial charge is 0.267 e. The van der Waals surface area contributed by atoms with Crippen molar-refractivity contribution in [1.82, 2.24) is 0 Å². The van der Waals surface area contributed by atoms with Crippen LogP contribution in [-0.2, 0) is 4.79 Å². The predicted molar refractivity (Wildman–Crippen MR) is 46.2 cm³/mol. The number of hydrogen-bond donors (Lipinski definition) is 0. The van der Waals surface area contributed by atoms with E-state index in [-0.39, 0.29) is 5.91 Å². The summed E-state index contributed by atoms with van der Waals surface area (Å²) in [7, 11) is 0. The molecule has 1 heterocycles. The number of amides is 1. The lowest BCUT2D eigenvalue weighted by Gasteiger charge is -1.94. The molecule has 2 rings (SSSR count). The summed E-state index contributed by atoms with van der Waals surface area (Å²) in [4.78, 5) is 14.9. The molecule has 2 heteroatoms. The topological polar surface area (TPSA) is 29.4 Å². The molecule has 0 aliphatic carbocycles. The van der Waals surface area contributed by atoms with Crippen molar-refractivity contribution < 1.29 is 4.79 Å². The maximum atomic E-state index is 11.0. The van der Waals surface area contributed by atoms with E-state index < -0.39 is 0 Å². The SMILES string of the molecule is Cc1ccc(C)c2c1=CC(=O)N=2. The van der Waals surface area contributed by atoms with E-state index in [4.69, 9.17) is 0 Å². The van der Waals surface area contributed by atoms with E-state index in [9.17, 15) is 4.79 Å². The maximum Gasteiger partial charge on any atom is 0.270 e. The molecule has 1 aromatic rings. The van der Waals surface area contributed by atoms with E-state index in [1.54, 1.807) is 6.08 Å². The van der Waals surface area contributed by atoms with Crippen molar-refractivity contribution in [1.29, 1.82) is 0 Å². The van der Waals surface area contributed by atoms with Crippen LogP contribution in [-0.4, -0.2) is 5.91 Å². The average molecular weight is 159 g/mol. The summed E-state index contributed by atoms with van der Waals surface area (Å²) in [6, 6.07) is 4.00. The third-order valence-electron chi connectivity index (χ3n) is 2.13. The van der Waals surface area contributed by atoms with Crippen LogP contribution in [0.1, 0.15) is 11.1 Å². The highest BCUT2D eigenvalue weighted by molar-refractivity contribution is 6.06. The van der Waals surface area contributed by atoms with Crippen LogP contribution in [0.4, 0.5) is 0 Å². The van der Waals surface area contributed by atoms with Gasteiger partial charge in [0.25, 0.3) is 5.91 Å². The molecule has 0 unspecified atom stereocenters. The predicted octanol–water partition coefficient (Wildman–Crippen LogP) is 0.244. The number of hydrogen-bond acceptors (Lipinski definition) is 1. The zero-order chi connectivity index (χ0) is 8.72. The van der Waals surface area contributed by atoms with Crippen LogP contribution in [0.3, 0.4) is 0 Å². The van der Waals surface area contributed by atoms with E-state index in [0.717, 1.165) is 21.7 Å². The Kier molecular flexibility index (Phi) is 1.37. The number of aryl methyl sites for hydroxylation is 2. The number of rotatable bonds is 0. The minimum Gasteiger partial charge on any atom is -0.267 e. The summed E-state index contributed by atoms with van der Waals surface area (Å²) in [5.74, 6) is -0.137. The first-order valence-corrected chi connectivity index (χ1v) is 3.89. The zero-order valence-corrected chi connectivity index (χ0v) is 7.09. The van der Waals surface area contributed by atoms with Crippen LogP contribution in [0, 0.1) is 13.8 Å². The molecule has 0 atom stereocenters. The summed E-state index contributed by atoms with van der Waals surface area (Å²) in [6.45, 7) is 3.96. The minimum absolute atomic E-state index is 0.137. The van der Waals surface area contributed by atoms with Crippen molar-refractivity contribution in [3.63, 3.8) is 0 Å². The van der Waals surface area contributed by atoms with Crippen LogP contribution in [0.15, 0.2) is 17.1 Å². The lowest BCUT2D eigenvalue weighted by atomic mass is 10.1. The van der Waals surface area contributed by atoms with E-state index in [1.807, 2.05) is 26.0 Å². The Morgan fingerprint density at radius 1 is 1.17 bits per heavy atom. The van der Waals surface area contributed by atoms with Crippen LogP contribution < -0.4 is 10.6 Å². The van der Waals surface area contributed by atoms with E-state index >= 15 is 0 Å². The molecule has 1 aromatic carbocycles. The van der Waals surface area contributed by atoms with Crippen molar-refractivity contribution in [3.05, 3.63) is 33.8 Å². The summed E-state index contributed by atoms with van der Waals surface area (Å²) in [6.07, 6.45) is 1.59. The van der Waals surface area contributed by atoms with Gasteiger partial charge in [0.15, 0.2) is 0 Å². The van der Waals surface area contributed by atoms with E-state index in [1.165, 1.54) is 0 Å². The molecule has 1 aliphatic rings. The first-order chi connectivity index (χ1) is 5.68.